The lowest BCUT2D eigenvalue weighted by atomic mass is 10.2. The Kier molecular flexibility index (Phi) is 5.49. The summed E-state index contributed by atoms with van der Waals surface area (Å²) in [7, 11) is 0. The van der Waals surface area contributed by atoms with E-state index in [4.69, 9.17) is 0 Å². The minimum absolute atomic E-state index is 0.0758. The number of alkyl halides is 2. The topological polar surface area (TPSA) is 50.4 Å². The lowest BCUT2D eigenvalue weighted by molar-refractivity contribution is -0.123. The van der Waals surface area contributed by atoms with Gasteiger partial charge in [0.15, 0.2) is 0 Å². The summed E-state index contributed by atoms with van der Waals surface area (Å²) in [6.07, 6.45) is -0.610. The minimum Gasteiger partial charge on any atom is -0.374 e. The number of halogens is 2. The van der Waals surface area contributed by atoms with Crippen molar-refractivity contribution in [2.75, 3.05) is 26.3 Å². The van der Waals surface area contributed by atoms with Crippen LogP contribution in [-0.4, -0.2) is 44.7 Å². The van der Waals surface area contributed by atoms with Gasteiger partial charge in [-0.05, 0) is 19.4 Å². The van der Waals surface area contributed by atoms with Crippen LogP contribution in [-0.2, 0) is 9.53 Å². The van der Waals surface area contributed by atoms with Crippen LogP contribution in [0.4, 0.5) is 8.78 Å². The van der Waals surface area contributed by atoms with Crippen LogP contribution in [0.2, 0.25) is 0 Å². The van der Waals surface area contributed by atoms with Crippen molar-refractivity contribution in [1.29, 1.82) is 0 Å². The van der Waals surface area contributed by atoms with Crippen LogP contribution in [0.1, 0.15) is 12.8 Å². The molecule has 0 aromatic carbocycles. The zero-order valence-electron chi connectivity index (χ0n) is 8.47. The minimum atomic E-state index is -2.45. The molecule has 1 aliphatic heterocycles. The van der Waals surface area contributed by atoms with Gasteiger partial charge in [-0.2, -0.15) is 0 Å². The molecule has 0 aliphatic carbocycles. The molecular weight excluding hydrogens is 206 g/mol. The second kappa shape index (κ2) is 6.68. The molecule has 1 fully saturated rings. The molecule has 88 valence electrons. The molecule has 0 saturated carbocycles. The highest BCUT2D eigenvalue weighted by molar-refractivity contribution is 5.81. The number of ether oxygens (including phenoxy) is 1. The zero-order valence-corrected chi connectivity index (χ0v) is 8.47. The van der Waals surface area contributed by atoms with E-state index in [1.165, 1.54) is 0 Å². The van der Waals surface area contributed by atoms with Crippen LogP contribution < -0.4 is 10.6 Å². The summed E-state index contributed by atoms with van der Waals surface area (Å²) in [6, 6.07) is -0.125. The van der Waals surface area contributed by atoms with E-state index in [-0.39, 0.29) is 25.1 Å². The summed E-state index contributed by atoms with van der Waals surface area (Å²) >= 11 is 0. The molecule has 1 atom stereocenters. The van der Waals surface area contributed by atoms with E-state index in [9.17, 15) is 13.6 Å². The molecule has 0 aromatic heterocycles. The Labute approximate surface area is 87.4 Å². The molecule has 1 heterocycles. The first-order valence-corrected chi connectivity index (χ1v) is 5.07. The highest BCUT2D eigenvalue weighted by Gasteiger charge is 2.21. The average Bonchev–Trinajstić information content (AvgIpc) is 2.69. The second-order valence-corrected chi connectivity index (χ2v) is 3.41. The molecule has 1 rings (SSSR count). The fraction of sp³-hybridized carbons (Fsp3) is 0.889. The summed E-state index contributed by atoms with van der Waals surface area (Å²) in [6.45, 7) is 0.698. The van der Waals surface area contributed by atoms with Crippen LogP contribution >= 0.6 is 0 Å². The second-order valence-electron chi connectivity index (χ2n) is 3.41. The molecule has 0 aromatic rings. The molecule has 0 spiro atoms. The monoisotopic (exact) mass is 222 g/mol. The molecule has 1 aliphatic rings. The van der Waals surface area contributed by atoms with E-state index in [1.807, 2.05) is 0 Å². The lowest BCUT2D eigenvalue weighted by Gasteiger charge is -2.10. The lowest BCUT2D eigenvalue weighted by Crippen LogP contribution is -2.41. The van der Waals surface area contributed by atoms with Gasteiger partial charge < -0.3 is 15.4 Å². The van der Waals surface area contributed by atoms with Crippen LogP contribution in [0, 0.1) is 0 Å². The van der Waals surface area contributed by atoms with Gasteiger partial charge in [-0.3, -0.25) is 4.79 Å². The van der Waals surface area contributed by atoms with Crippen molar-refractivity contribution in [3.05, 3.63) is 0 Å². The highest BCUT2D eigenvalue weighted by Crippen LogP contribution is 2.04. The third-order valence-corrected chi connectivity index (χ3v) is 2.17. The van der Waals surface area contributed by atoms with E-state index >= 15 is 0 Å². The van der Waals surface area contributed by atoms with Gasteiger partial charge in [-0.15, -0.1) is 0 Å². The van der Waals surface area contributed by atoms with Gasteiger partial charge in [-0.25, -0.2) is 8.78 Å². The molecular formula is C9H16F2N2O2. The van der Waals surface area contributed by atoms with Crippen LogP contribution in [0.3, 0.4) is 0 Å². The van der Waals surface area contributed by atoms with Crippen molar-refractivity contribution in [1.82, 2.24) is 10.6 Å². The van der Waals surface area contributed by atoms with E-state index in [0.29, 0.717) is 0 Å². The molecule has 15 heavy (non-hydrogen) atoms. The van der Waals surface area contributed by atoms with Gasteiger partial charge >= 0.3 is 0 Å². The van der Waals surface area contributed by atoms with Gasteiger partial charge in [0.2, 0.25) is 5.91 Å². The van der Waals surface area contributed by atoms with E-state index < -0.39 is 13.0 Å². The van der Waals surface area contributed by atoms with Crippen molar-refractivity contribution >= 4 is 5.91 Å². The number of rotatable bonds is 6. The molecule has 1 amide bonds. The Morgan fingerprint density at radius 1 is 1.60 bits per heavy atom. The van der Waals surface area contributed by atoms with E-state index in [2.05, 4.69) is 15.4 Å². The number of carbonyl (C=O) groups excluding carboxylic acids is 1. The van der Waals surface area contributed by atoms with Crippen molar-refractivity contribution in [2.45, 2.75) is 25.3 Å². The number of hydrogen-bond acceptors (Lipinski definition) is 3. The van der Waals surface area contributed by atoms with Crippen molar-refractivity contribution in [3.63, 3.8) is 0 Å². The quantitative estimate of drug-likeness (QED) is 0.628. The van der Waals surface area contributed by atoms with Crippen LogP contribution in [0.15, 0.2) is 0 Å². The normalized spacial score (nSPS) is 20.9. The van der Waals surface area contributed by atoms with Crippen molar-refractivity contribution in [2.24, 2.45) is 0 Å². The largest absolute Gasteiger partial charge is 0.374 e. The van der Waals surface area contributed by atoms with Gasteiger partial charge in [0.05, 0.1) is 12.6 Å². The maximum absolute atomic E-state index is 11.6. The third-order valence-electron chi connectivity index (χ3n) is 2.17. The Morgan fingerprint density at radius 3 is 3.00 bits per heavy atom. The summed E-state index contributed by atoms with van der Waals surface area (Å²) in [4.78, 5) is 11.4. The molecule has 1 unspecified atom stereocenters. The van der Waals surface area contributed by atoms with Crippen molar-refractivity contribution < 1.29 is 18.3 Å². The smallest absolute Gasteiger partial charge is 0.261 e. The Bertz CT molecular complexity index is 197. The maximum Gasteiger partial charge on any atom is 0.261 e. The number of nitrogens with one attached hydrogen (secondary N) is 2. The molecule has 0 radical (unpaired) electrons. The molecule has 6 heteroatoms. The third kappa shape index (κ3) is 5.03. The Hall–Kier alpha value is -0.750. The van der Waals surface area contributed by atoms with Crippen LogP contribution in [0.25, 0.3) is 0 Å². The first-order valence-electron chi connectivity index (χ1n) is 5.07. The standard InChI is InChI=1S/C9H16F2N2O2/c10-8(11)6-15-5-4-13-9(14)7-2-1-3-12-7/h7-8,12H,1-6H2,(H,13,14). The van der Waals surface area contributed by atoms with Gasteiger partial charge in [0, 0.05) is 6.54 Å². The van der Waals surface area contributed by atoms with E-state index in [0.717, 1.165) is 19.4 Å². The Balaban J connectivity index is 1.97. The molecule has 2 N–H and O–H groups in total. The summed E-state index contributed by atoms with van der Waals surface area (Å²) < 4.78 is 27.9. The number of carbonyl (C=O) groups is 1. The first-order chi connectivity index (χ1) is 7.20. The molecule has 4 nitrogen and oxygen atoms in total. The first kappa shape index (κ1) is 12.3. The summed E-state index contributed by atoms with van der Waals surface area (Å²) in [5.41, 5.74) is 0. The molecule has 1 saturated heterocycles. The number of amides is 1. The average molecular weight is 222 g/mol. The number of hydrogen-bond donors (Lipinski definition) is 2. The predicted octanol–water partition coefficient (Wildman–Crippen LogP) is 0.136. The highest BCUT2D eigenvalue weighted by atomic mass is 19.3. The SMILES string of the molecule is O=C(NCCOCC(F)F)C1CCCN1. The van der Waals surface area contributed by atoms with Crippen LogP contribution in [0.5, 0.6) is 0 Å². The maximum atomic E-state index is 11.6. The summed E-state index contributed by atoms with van der Waals surface area (Å²) in [5.74, 6) is -0.0758. The van der Waals surface area contributed by atoms with E-state index in [1.54, 1.807) is 0 Å². The fourth-order valence-corrected chi connectivity index (χ4v) is 1.45. The predicted molar refractivity (Wildman–Crippen MR) is 50.9 cm³/mol. The van der Waals surface area contributed by atoms with Gasteiger partial charge in [-0.1, -0.05) is 0 Å². The van der Waals surface area contributed by atoms with Crippen molar-refractivity contribution in [3.8, 4) is 0 Å². The summed E-state index contributed by atoms with van der Waals surface area (Å²) in [5, 5.41) is 5.67. The fourth-order valence-electron chi connectivity index (χ4n) is 1.45. The van der Waals surface area contributed by atoms with Gasteiger partial charge in [0.1, 0.15) is 6.61 Å². The van der Waals surface area contributed by atoms with Gasteiger partial charge in [0.25, 0.3) is 6.43 Å². The molecule has 0 bridgehead atoms. The Morgan fingerprint density at radius 2 is 2.40 bits per heavy atom. The zero-order chi connectivity index (χ0) is 11.1.